The van der Waals surface area contributed by atoms with Gasteiger partial charge in [-0.1, -0.05) is 49.0 Å². The minimum atomic E-state index is -0.261. The molecule has 0 aliphatic rings. The summed E-state index contributed by atoms with van der Waals surface area (Å²) in [4.78, 5) is 21.5. The molecule has 0 radical (unpaired) electrons. The fourth-order valence-corrected chi connectivity index (χ4v) is 3.52. The number of thioether (sulfide) groups is 1. The van der Waals surface area contributed by atoms with Gasteiger partial charge in [0.25, 0.3) is 0 Å². The first kappa shape index (κ1) is 17.4. The molecule has 0 unspecified atom stereocenters. The van der Waals surface area contributed by atoms with E-state index in [1.807, 2.05) is 62.4 Å². The summed E-state index contributed by atoms with van der Waals surface area (Å²) < 4.78 is 0. The normalized spacial score (nSPS) is 12.1. The van der Waals surface area contributed by atoms with Crippen molar-refractivity contribution in [3.8, 4) is 0 Å². The Morgan fingerprint density at radius 1 is 1.12 bits per heavy atom. The Kier molecular flexibility index (Phi) is 5.34. The zero-order valence-electron chi connectivity index (χ0n) is 14.6. The molecule has 1 N–H and O–H groups in total. The second-order valence-electron chi connectivity index (χ2n) is 5.89. The first-order chi connectivity index (χ1) is 12.1. The van der Waals surface area contributed by atoms with Crippen LogP contribution in [0.3, 0.4) is 0 Å². The van der Waals surface area contributed by atoms with Crippen LogP contribution in [0, 0.1) is 6.92 Å². The first-order valence-corrected chi connectivity index (χ1v) is 9.24. The van der Waals surface area contributed by atoms with E-state index in [-0.39, 0.29) is 11.2 Å². The Bertz CT molecular complexity index is 893. The summed E-state index contributed by atoms with van der Waals surface area (Å²) in [5, 5.41) is 4.53. The van der Waals surface area contributed by atoms with Crippen LogP contribution >= 0.6 is 11.8 Å². The van der Waals surface area contributed by atoms with Crippen molar-refractivity contribution in [1.82, 2.24) is 9.97 Å². The Morgan fingerprint density at radius 3 is 2.56 bits per heavy atom. The van der Waals surface area contributed by atoms with E-state index in [0.29, 0.717) is 5.82 Å². The third-order valence-electron chi connectivity index (χ3n) is 3.97. The summed E-state index contributed by atoms with van der Waals surface area (Å²) in [5.41, 5.74) is 2.97. The van der Waals surface area contributed by atoms with E-state index in [1.54, 1.807) is 0 Å². The number of para-hydroxylation sites is 1. The highest BCUT2D eigenvalue weighted by Crippen LogP contribution is 2.29. The summed E-state index contributed by atoms with van der Waals surface area (Å²) in [7, 11) is 0. The molecule has 0 bridgehead atoms. The predicted molar refractivity (Wildman–Crippen MR) is 104 cm³/mol. The highest BCUT2D eigenvalue weighted by Gasteiger charge is 2.17. The van der Waals surface area contributed by atoms with Crippen molar-refractivity contribution in [2.24, 2.45) is 0 Å². The number of aromatic nitrogens is 2. The molecular weight excluding hydrogens is 330 g/mol. The lowest BCUT2D eigenvalue weighted by atomic mass is 10.1. The minimum Gasteiger partial charge on any atom is -0.325 e. The van der Waals surface area contributed by atoms with Gasteiger partial charge in [-0.3, -0.25) is 4.79 Å². The lowest BCUT2D eigenvalue weighted by Gasteiger charge is -2.13. The number of hydrogen-bond donors (Lipinski definition) is 1. The van der Waals surface area contributed by atoms with Gasteiger partial charge >= 0.3 is 0 Å². The molecule has 0 spiro atoms. The van der Waals surface area contributed by atoms with Crippen molar-refractivity contribution in [2.45, 2.75) is 37.5 Å². The Labute approximate surface area is 152 Å². The Hall–Kier alpha value is -2.40. The third kappa shape index (κ3) is 4.17. The largest absolute Gasteiger partial charge is 0.325 e. The van der Waals surface area contributed by atoms with Crippen LogP contribution in [0.15, 0.2) is 53.6 Å². The van der Waals surface area contributed by atoms with Gasteiger partial charge in [-0.25, -0.2) is 9.97 Å². The quantitative estimate of drug-likeness (QED) is 0.538. The molecule has 1 atom stereocenters. The maximum atomic E-state index is 12.5. The van der Waals surface area contributed by atoms with Crippen LogP contribution in [0.5, 0.6) is 0 Å². The van der Waals surface area contributed by atoms with Crippen LogP contribution in [0.25, 0.3) is 10.9 Å². The molecule has 2 aromatic carbocycles. The summed E-state index contributed by atoms with van der Waals surface area (Å²) in [5.74, 6) is 0.679. The van der Waals surface area contributed by atoms with Gasteiger partial charge in [0.15, 0.2) is 0 Å². The number of fused-ring (bicyclic) bond motifs is 1. The summed E-state index contributed by atoms with van der Waals surface area (Å²) in [6.07, 6.45) is 0.987. The molecule has 4 nitrogen and oxygen atoms in total. The monoisotopic (exact) mass is 351 g/mol. The van der Waals surface area contributed by atoms with Crippen LogP contribution in [0.4, 0.5) is 5.69 Å². The molecule has 25 heavy (non-hydrogen) atoms. The number of hydrogen-bond acceptors (Lipinski definition) is 4. The van der Waals surface area contributed by atoms with Crippen molar-refractivity contribution in [3.05, 3.63) is 59.9 Å². The number of benzene rings is 2. The summed E-state index contributed by atoms with van der Waals surface area (Å²) in [6.45, 7) is 5.88. The molecule has 3 rings (SSSR count). The second kappa shape index (κ2) is 7.66. The molecule has 1 amide bonds. The van der Waals surface area contributed by atoms with Crippen LogP contribution in [-0.2, 0) is 11.2 Å². The molecule has 5 heteroatoms. The van der Waals surface area contributed by atoms with Crippen molar-refractivity contribution in [1.29, 1.82) is 0 Å². The van der Waals surface area contributed by atoms with E-state index in [0.717, 1.165) is 28.0 Å². The number of anilines is 1. The molecule has 0 saturated heterocycles. The van der Waals surface area contributed by atoms with E-state index in [2.05, 4.69) is 22.2 Å². The van der Waals surface area contributed by atoms with Crippen LogP contribution in [-0.4, -0.2) is 21.1 Å². The molecular formula is C20H21N3OS. The lowest BCUT2D eigenvalue weighted by Crippen LogP contribution is -2.22. The van der Waals surface area contributed by atoms with Gasteiger partial charge in [-0.15, -0.1) is 0 Å². The SMILES string of the molecule is CCc1ccc(NC(=O)[C@H](C)Sc2nc(C)nc3ccccc23)cc1. The average Bonchev–Trinajstić information content (AvgIpc) is 2.62. The van der Waals surface area contributed by atoms with E-state index >= 15 is 0 Å². The highest BCUT2D eigenvalue weighted by molar-refractivity contribution is 8.00. The molecule has 0 aliphatic carbocycles. The number of carbonyl (C=O) groups is 1. The molecule has 0 saturated carbocycles. The van der Waals surface area contributed by atoms with Gasteiger partial charge in [-0.2, -0.15) is 0 Å². The zero-order chi connectivity index (χ0) is 17.8. The van der Waals surface area contributed by atoms with Crippen LogP contribution < -0.4 is 5.32 Å². The molecule has 128 valence electrons. The molecule has 0 fully saturated rings. The van der Waals surface area contributed by atoms with E-state index in [9.17, 15) is 4.79 Å². The number of rotatable bonds is 5. The predicted octanol–water partition coefficient (Wildman–Crippen LogP) is 4.62. The third-order valence-corrected chi connectivity index (χ3v) is 5.07. The minimum absolute atomic E-state index is 0.0328. The van der Waals surface area contributed by atoms with Crippen LogP contribution in [0.1, 0.15) is 25.2 Å². The smallest absolute Gasteiger partial charge is 0.237 e. The number of nitrogens with zero attached hydrogens (tertiary/aromatic N) is 2. The first-order valence-electron chi connectivity index (χ1n) is 8.36. The summed E-state index contributed by atoms with van der Waals surface area (Å²) >= 11 is 1.46. The lowest BCUT2D eigenvalue weighted by molar-refractivity contribution is -0.115. The fraction of sp³-hybridized carbons (Fsp3) is 0.250. The van der Waals surface area contributed by atoms with Gasteiger partial charge in [0.2, 0.25) is 5.91 Å². The van der Waals surface area contributed by atoms with Crippen molar-refractivity contribution in [3.63, 3.8) is 0 Å². The van der Waals surface area contributed by atoms with E-state index < -0.39 is 0 Å². The molecule has 3 aromatic rings. The second-order valence-corrected chi connectivity index (χ2v) is 7.22. The van der Waals surface area contributed by atoms with Gasteiger partial charge in [0.05, 0.1) is 10.8 Å². The molecule has 0 aliphatic heterocycles. The van der Waals surface area contributed by atoms with Gasteiger partial charge in [-0.05, 0) is 44.0 Å². The maximum absolute atomic E-state index is 12.5. The van der Waals surface area contributed by atoms with Crippen molar-refractivity contribution in [2.75, 3.05) is 5.32 Å². The van der Waals surface area contributed by atoms with Crippen molar-refractivity contribution < 1.29 is 4.79 Å². The highest BCUT2D eigenvalue weighted by atomic mass is 32.2. The summed E-state index contributed by atoms with van der Waals surface area (Å²) in [6, 6.07) is 15.8. The van der Waals surface area contributed by atoms with Crippen LogP contribution in [0.2, 0.25) is 0 Å². The molecule has 1 aromatic heterocycles. The standard InChI is InChI=1S/C20H21N3OS/c1-4-15-9-11-16(12-10-15)23-19(24)13(2)25-20-17-7-5-6-8-18(17)21-14(3)22-20/h5-13H,4H2,1-3H3,(H,23,24)/t13-/m0/s1. The zero-order valence-corrected chi connectivity index (χ0v) is 15.4. The number of carbonyl (C=O) groups excluding carboxylic acids is 1. The number of nitrogens with one attached hydrogen (secondary N) is 1. The molecule has 1 heterocycles. The number of aryl methyl sites for hydroxylation is 2. The van der Waals surface area contributed by atoms with Gasteiger partial charge in [0.1, 0.15) is 10.9 Å². The van der Waals surface area contributed by atoms with E-state index in [1.165, 1.54) is 17.3 Å². The van der Waals surface area contributed by atoms with Crippen molar-refractivity contribution >= 4 is 34.3 Å². The Morgan fingerprint density at radius 2 is 1.84 bits per heavy atom. The number of amides is 1. The van der Waals surface area contributed by atoms with E-state index in [4.69, 9.17) is 0 Å². The van der Waals surface area contributed by atoms with Gasteiger partial charge < -0.3 is 5.32 Å². The maximum Gasteiger partial charge on any atom is 0.237 e. The topological polar surface area (TPSA) is 54.9 Å². The Balaban J connectivity index is 1.75. The fourth-order valence-electron chi connectivity index (χ4n) is 2.54. The average molecular weight is 351 g/mol. The van der Waals surface area contributed by atoms with Gasteiger partial charge in [0, 0.05) is 11.1 Å².